The number of aliphatic imine (C=N–C) groups is 1. The van der Waals surface area contributed by atoms with E-state index in [1.807, 2.05) is 24.3 Å². The lowest BCUT2D eigenvalue weighted by molar-refractivity contribution is -0.121. The summed E-state index contributed by atoms with van der Waals surface area (Å²) >= 11 is 1.08. The zero-order chi connectivity index (χ0) is 20.8. The Bertz CT molecular complexity index is 942. The molecule has 0 spiro atoms. The fourth-order valence-electron chi connectivity index (χ4n) is 2.65. The molecule has 1 aliphatic rings. The van der Waals surface area contributed by atoms with Gasteiger partial charge < -0.3 is 21.1 Å². The summed E-state index contributed by atoms with van der Waals surface area (Å²) in [7, 11) is 1.60. The Balaban J connectivity index is 1.49. The lowest BCUT2D eigenvalue weighted by Gasteiger charge is -2.09. The molecule has 0 bridgehead atoms. The zero-order valence-corrected chi connectivity index (χ0v) is 16.5. The van der Waals surface area contributed by atoms with Crippen LogP contribution in [0.25, 0.3) is 0 Å². The van der Waals surface area contributed by atoms with E-state index in [0.717, 1.165) is 23.1 Å². The van der Waals surface area contributed by atoms with Gasteiger partial charge >= 0.3 is 0 Å². The summed E-state index contributed by atoms with van der Waals surface area (Å²) in [6.07, 6.45) is -0.0161. The van der Waals surface area contributed by atoms with Gasteiger partial charge in [-0.05, 0) is 42.0 Å². The number of carbonyl (C=O) groups excluding carboxylic acids is 3. The number of nitrogens with zero attached hydrogens (tertiary/aromatic N) is 1. The van der Waals surface area contributed by atoms with Crippen molar-refractivity contribution in [1.29, 1.82) is 0 Å². The first kappa shape index (κ1) is 20.4. The molecule has 1 heterocycles. The van der Waals surface area contributed by atoms with Crippen LogP contribution in [0, 0.1) is 0 Å². The molecule has 8 nitrogen and oxygen atoms in total. The van der Waals surface area contributed by atoms with Crippen LogP contribution < -0.4 is 21.1 Å². The molecule has 0 fully saturated rings. The number of anilines is 1. The van der Waals surface area contributed by atoms with E-state index in [2.05, 4.69) is 15.6 Å². The monoisotopic (exact) mass is 412 g/mol. The van der Waals surface area contributed by atoms with Gasteiger partial charge in [-0.2, -0.15) is 4.99 Å². The molecule has 0 radical (unpaired) electrons. The summed E-state index contributed by atoms with van der Waals surface area (Å²) in [4.78, 5) is 39.5. The van der Waals surface area contributed by atoms with E-state index in [1.54, 1.807) is 31.4 Å². The van der Waals surface area contributed by atoms with E-state index in [1.165, 1.54) is 0 Å². The third-order valence-electron chi connectivity index (χ3n) is 4.17. The van der Waals surface area contributed by atoms with Crippen LogP contribution in [0.1, 0.15) is 22.3 Å². The van der Waals surface area contributed by atoms with Gasteiger partial charge in [-0.3, -0.25) is 14.4 Å². The Hall–Kier alpha value is -3.33. The van der Waals surface area contributed by atoms with E-state index in [-0.39, 0.29) is 23.4 Å². The normalized spacial score (nSPS) is 15.6. The Labute approximate surface area is 171 Å². The van der Waals surface area contributed by atoms with Crippen molar-refractivity contribution in [2.45, 2.75) is 18.2 Å². The predicted molar refractivity (Wildman–Crippen MR) is 112 cm³/mol. The quantitative estimate of drug-likeness (QED) is 0.638. The number of hydrogen-bond donors (Lipinski definition) is 3. The number of hydrogen-bond acceptors (Lipinski definition) is 6. The lowest BCUT2D eigenvalue weighted by atomic mass is 10.1. The number of benzene rings is 2. The molecule has 2 aromatic carbocycles. The molecule has 4 N–H and O–H groups in total. The van der Waals surface area contributed by atoms with Gasteiger partial charge in [0.1, 0.15) is 11.0 Å². The average molecular weight is 412 g/mol. The van der Waals surface area contributed by atoms with Crippen molar-refractivity contribution < 1.29 is 19.1 Å². The summed E-state index contributed by atoms with van der Waals surface area (Å²) in [5.74, 6) is -0.187. The lowest BCUT2D eigenvalue weighted by Crippen LogP contribution is -2.23. The molecule has 1 atom stereocenters. The third-order valence-corrected chi connectivity index (χ3v) is 5.16. The van der Waals surface area contributed by atoms with Gasteiger partial charge in [-0.1, -0.05) is 23.9 Å². The van der Waals surface area contributed by atoms with Crippen molar-refractivity contribution in [1.82, 2.24) is 5.32 Å². The molecule has 3 amide bonds. The van der Waals surface area contributed by atoms with Crippen molar-refractivity contribution in [2.75, 3.05) is 12.4 Å². The smallest absolute Gasteiger partial charge is 0.262 e. The fourth-order valence-corrected chi connectivity index (χ4v) is 3.47. The van der Waals surface area contributed by atoms with Gasteiger partial charge in [-0.15, -0.1) is 0 Å². The number of rotatable bonds is 7. The van der Waals surface area contributed by atoms with Gasteiger partial charge in [0.15, 0.2) is 5.17 Å². The number of amides is 3. The Morgan fingerprint density at radius 1 is 1.14 bits per heavy atom. The molecule has 0 aromatic heterocycles. The third kappa shape index (κ3) is 5.58. The van der Waals surface area contributed by atoms with Gasteiger partial charge in [0, 0.05) is 24.2 Å². The number of carbonyl (C=O) groups is 3. The maximum absolute atomic E-state index is 12.3. The first-order chi connectivity index (χ1) is 13.9. The topological polar surface area (TPSA) is 123 Å². The van der Waals surface area contributed by atoms with E-state index in [4.69, 9.17) is 10.5 Å². The number of nitrogens with two attached hydrogens (primary N) is 1. The minimum Gasteiger partial charge on any atom is -0.497 e. The SMILES string of the molecule is COc1ccc(CNC(=O)c2ccc(NC(=O)C[C@@H]3SC(N)=NC3=O)cc2)cc1. The van der Waals surface area contributed by atoms with Crippen LogP contribution in [0.5, 0.6) is 5.75 Å². The number of nitrogens with one attached hydrogen (secondary N) is 2. The highest BCUT2D eigenvalue weighted by atomic mass is 32.2. The summed E-state index contributed by atoms with van der Waals surface area (Å²) in [5.41, 5.74) is 7.44. The van der Waals surface area contributed by atoms with Crippen molar-refractivity contribution in [3.05, 3.63) is 59.7 Å². The largest absolute Gasteiger partial charge is 0.497 e. The summed E-state index contributed by atoms with van der Waals surface area (Å²) < 4.78 is 5.10. The van der Waals surface area contributed by atoms with E-state index in [0.29, 0.717) is 17.8 Å². The predicted octanol–water partition coefficient (Wildman–Crippen LogP) is 1.91. The van der Waals surface area contributed by atoms with Gasteiger partial charge in [0.25, 0.3) is 11.8 Å². The molecule has 0 aliphatic carbocycles. The van der Waals surface area contributed by atoms with Crippen molar-refractivity contribution >= 4 is 40.3 Å². The first-order valence-corrected chi connectivity index (χ1v) is 9.68. The van der Waals surface area contributed by atoms with Crippen LogP contribution in [0.15, 0.2) is 53.5 Å². The maximum atomic E-state index is 12.3. The molecule has 29 heavy (non-hydrogen) atoms. The maximum Gasteiger partial charge on any atom is 0.262 e. The van der Waals surface area contributed by atoms with Crippen LogP contribution in [0.3, 0.4) is 0 Å². The minimum atomic E-state index is -0.585. The van der Waals surface area contributed by atoms with Crippen molar-refractivity contribution in [3.8, 4) is 5.75 Å². The second kappa shape index (κ2) is 9.24. The van der Waals surface area contributed by atoms with E-state index >= 15 is 0 Å². The molecule has 2 aromatic rings. The molecule has 0 saturated carbocycles. The molecular weight excluding hydrogens is 392 g/mol. The van der Waals surface area contributed by atoms with Gasteiger partial charge in [0.2, 0.25) is 5.91 Å². The minimum absolute atomic E-state index is 0.0161. The van der Waals surface area contributed by atoms with Crippen LogP contribution in [-0.2, 0) is 16.1 Å². The fraction of sp³-hybridized carbons (Fsp3) is 0.200. The number of thioether (sulfide) groups is 1. The average Bonchev–Trinajstić information content (AvgIpc) is 3.03. The molecule has 9 heteroatoms. The number of ether oxygens (including phenoxy) is 1. The van der Waals surface area contributed by atoms with Gasteiger partial charge in [0.05, 0.1) is 7.11 Å². The highest BCUT2D eigenvalue weighted by Crippen LogP contribution is 2.23. The molecule has 0 saturated heterocycles. The molecule has 0 unspecified atom stereocenters. The number of methoxy groups -OCH3 is 1. The highest BCUT2D eigenvalue weighted by Gasteiger charge is 2.29. The van der Waals surface area contributed by atoms with E-state index < -0.39 is 11.2 Å². The standard InChI is InChI=1S/C20H20N4O4S/c1-28-15-8-2-12(3-9-15)11-22-18(26)13-4-6-14(7-5-13)23-17(25)10-16-19(27)24-20(21)29-16/h2-9,16H,10-11H2,1H3,(H,22,26)(H,23,25)(H2,21,24,27)/t16-/m0/s1. The van der Waals surface area contributed by atoms with Crippen LogP contribution in [0.2, 0.25) is 0 Å². The van der Waals surface area contributed by atoms with Gasteiger partial charge in [-0.25, -0.2) is 0 Å². The molecule has 150 valence electrons. The highest BCUT2D eigenvalue weighted by molar-refractivity contribution is 8.15. The number of amidine groups is 1. The Morgan fingerprint density at radius 3 is 2.41 bits per heavy atom. The van der Waals surface area contributed by atoms with Crippen molar-refractivity contribution in [2.24, 2.45) is 10.7 Å². The first-order valence-electron chi connectivity index (χ1n) is 8.80. The molecule has 3 rings (SSSR count). The second-order valence-electron chi connectivity index (χ2n) is 6.26. The van der Waals surface area contributed by atoms with Crippen LogP contribution in [-0.4, -0.2) is 35.2 Å². The Kier molecular flexibility index (Phi) is 6.50. The van der Waals surface area contributed by atoms with E-state index in [9.17, 15) is 14.4 Å². The van der Waals surface area contributed by atoms with Crippen LogP contribution in [0.4, 0.5) is 5.69 Å². The van der Waals surface area contributed by atoms with Crippen LogP contribution >= 0.6 is 11.8 Å². The summed E-state index contributed by atoms with van der Waals surface area (Å²) in [6.45, 7) is 0.388. The Morgan fingerprint density at radius 2 is 1.83 bits per heavy atom. The molecular formula is C20H20N4O4S. The molecule has 1 aliphatic heterocycles. The summed E-state index contributed by atoms with van der Waals surface area (Å²) in [6, 6.07) is 13.9. The van der Waals surface area contributed by atoms with Crippen molar-refractivity contribution in [3.63, 3.8) is 0 Å². The summed E-state index contributed by atoms with van der Waals surface area (Å²) in [5, 5.41) is 5.13. The second-order valence-corrected chi connectivity index (χ2v) is 7.48. The zero-order valence-electron chi connectivity index (χ0n) is 15.7.